The van der Waals surface area contributed by atoms with Gasteiger partial charge in [-0.05, 0) is 31.5 Å². The summed E-state index contributed by atoms with van der Waals surface area (Å²) in [5.41, 5.74) is 0.976. The Morgan fingerprint density at radius 3 is 2.41 bits per heavy atom. The number of rotatable bonds is 2. The average Bonchev–Trinajstić information content (AvgIpc) is 2.68. The monoisotopic (exact) mass is 323 g/mol. The topological polar surface area (TPSA) is 61.4 Å². The van der Waals surface area contributed by atoms with Crippen LogP contribution in [0.2, 0.25) is 0 Å². The lowest BCUT2D eigenvalue weighted by Gasteiger charge is -2.34. The Bertz CT molecular complexity index is 517. The molecule has 120 valence electrons. The zero-order valence-electron chi connectivity index (χ0n) is 12.5. The molecule has 1 unspecified atom stereocenters. The number of hydrogen-bond donors (Lipinski definition) is 2. The summed E-state index contributed by atoms with van der Waals surface area (Å²) in [7, 11) is 0. The first-order chi connectivity index (χ1) is 10.3. The first-order valence-electron chi connectivity index (χ1n) is 7.58. The predicted octanol–water partition coefficient (Wildman–Crippen LogP) is 0.902. The van der Waals surface area contributed by atoms with Gasteiger partial charge in [0.2, 0.25) is 11.8 Å². The van der Waals surface area contributed by atoms with Crippen molar-refractivity contribution in [1.29, 1.82) is 0 Å². The van der Waals surface area contributed by atoms with Gasteiger partial charge in [-0.25, -0.2) is 0 Å². The van der Waals surface area contributed by atoms with Crippen LogP contribution in [0.25, 0.3) is 0 Å². The standard InChI is InChI=1S/C16H21N3O2.ClH/c20-15-11-19(13-6-8-17-9-7-13)16(21)14(10-18-15)12-4-2-1-3-5-12;/h1-5,13-14,17H,6-11H2,(H,18,20);1H. The average molecular weight is 324 g/mol. The van der Waals surface area contributed by atoms with Gasteiger partial charge in [-0.2, -0.15) is 0 Å². The van der Waals surface area contributed by atoms with Gasteiger partial charge in [0.25, 0.3) is 0 Å². The fourth-order valence-electron chi connectivity index (χ4n) is 3.17. The second kappa shape index (κ2) is 7.61. The Morgan fingerprint density at radius 1 is 1.05 bits per heavy atom. The highest BCUT2D eigenvalue weighted by molar-refractivity contribution is 5.91. The van der Waals surface area contributed by atoms with Crippen LogP contribution in [-0.4, -0.2) is 48.9 Å². The van der Waals surface area contributed by atoms with E-state index in [1.54, 1.807) is 4.90 Å². The Morgan fingerprint density at radius 2 is 1.73 bits per heavy atom. The summed E-state index contributed by atoms with van der Waals surface area (Å²) in [6.07, 6.45) is 1.83. The molecule has 0 radical (unpaired) electrons. The summed E-state index contributed by atoms with van der Waals surface area (Å²) in [4.78, 5) is 26.6. The molecule has 2 heterocycles. The summed E-state index contributed by atoms with van der Waals surface area (Å²) in [6, 6.07) is 9.90. The van der Waals surface area contributed by atoms with Crippen molar-refractivity contribution in [3.05, 3.63) is 35.9 Å². The summed E-state index contributed by atoms with van der Waals surface area (Å²) >= 11 is 0. The first kappa shape index (κ1) is 16.8. The molecule has 1 aromatic rings. The van der Waals surface area contributed by atoms with Crippen LogP contribution < -0.4 is 10.6 Å². The molecule has 2 saturated heterocycles. The van der Waals surface area contributed by atoms with Gasteiger partial charge in [-0.3, -0.25) is 9.59 Å². The molecule has 3 rings (SSSR count). The maximum atomic E-state index is 12.9. The zero-order chi connectivity index (χ0) is 14.7. The number of nitrogens with zero attached hydrogens (tertiary/aromatic N) is 1. The number of hydrogen-bond acceptors (Lipinski definition) is 3. The van der Waals surface area contributed by atoms with Crippen molar-refractivity contribution in [3.8, 4) is 0 Å². The molecule has 6 heteroatoms. The highest BCUT2D eigenvalue weighted by Gasteiger charge is 2.35. The molecule has 2 N–H and O–H groups in total. The minimum atomic E-state index is -0.271. The minimum absolute atomic E-state index is 0. The van der Waals surface area contributed by atoms with Gasteiger partial charge in [0.05, 0.1) is 12.5 Å². The molecular formula is C16H22ClN3O2. The van der Waals surface area contributed by atoms with E-state index in [1.165, 1.54) is 0 Å². The van der Waals surface area contributed by atoms with Crippen molar-refractivity contribution in [3.63, 3.8) is 0 Å². The molecule has 0 spiro atoms. The predicted molar refractivity (Wildman–Crippen MR) is 87.0 cm³/mol. The Balaban J connectivity index is 0.00000176. The number of piperidine rings is 1. The highest BCUT2D eigenvalue weighted by atomic mass is 35.5. The first-order valence-corrected chi connectivity index (χ1v) is 7.58. The minimum Gasteiger partial charge on any atom is -0.353 e. The normalized spacial score (nSPS) is 23.5. The van der Waals surface area contributed by atoms with E-state index in [1.807, 2.05) is 30.3 Å². The van der Waals surface area contributed by atoms with Crippen LogP contribution in [0.15, 0.2) is 30.3 Å². The summed E-state index contributed by atoms with van der Waals surface area (Å²) < 4.78 is 0. The molecular weight excluding hydrogens is 302 g/mol. The van der Waals surface area contributed by atoms with Crippen LogP contribution in [0.1, 0.15) is 24.3 Å². The van der Waals surface area contributed by atoms with Gasteiger partial charge in [0, 0.05) is 12.6 Å². The van der Waals surface area contributed by atoms with Gasteiger partial charge in [-0.15, -0.1) is 12.4 Å². The lowest BCUT2D eigenvalue weighted by Crippen LogP contribution is -2.48. The number of amides is 2. The number of halogens is 1. The molecule has 2 fully saturated rings. The van der Waals surface area contributed by atoms with E-state index < -0.39 is 0 Å². The molecule has 0 saturated carbocycles. The van der Waals surface area contributed by atoms with Crippen LogP contribution in [-0.2, 0) is 9.59 Å². The highest BCUT2D eigenvalue weighted by Crippen LogP contribution is 2.23. The smallest absolute Gasteiger partial charge is 0.239 e. The van der Waals surface area contributed by atoms with E-state index in [2.05, 4.69) is 10.6 Å². The van der Waals surface area contributed by atoms with Crippen LogP contribution in [0.4, 0.5) is 0 Å². The van der Waals surface area contributed by atoms with E-state index in [0.717, 1.165) is 31.5 Å². The van der Waals surface area contributed by atoms with Gasteiger partial charge < -0.3 is 15.5 Å². The lowest BCUT2D eigenvalue weighted by molar-refractivity contribution is -0.137. The van der Waals surface area contributed by atoms with Crippen molar-refractivity contribution in [1.82, 2.24) is 15.5 Å². The fraction of sp³-hybridized carbons (Fsp3) is 0.500. The van der Waals surface area contributed by atoms with Gasteiger partial charge >= 0.3 is 0 Å². The molecule has 2 aliphatic heterocycles. The van der Waals surface area contributed by atoms with E-state index >= 15 is 0 Å². The second-order valence-electron chi connectivity index (χ2n) is 5.71. The summed E-state index contributed by atoms with van der Waals surface area (Å²) in [6.45, 7) is 2.40. The Kier molecular flexibility index (Phi) is 5.80. The molecule has 1 atom stereocenters. The SMILES string of the molecule is Cl.O=C1CN(C2CCNCC2)C(=O)C(c2ccccc2)CN1. The van der Waals surface area contributed by atoms with Crippen LogP contribution in [0.5, 0.6) is 0 Å². The Hall–Kier alpha value is -1.59. The number of carbonyl (C=O) groups is 2. The van der Waals surface area contributed by atoms with Crippen molar-refractivity contribution >= 4 is 24.2 Å². The number of nitrogens with one attached hydrogen (secondary N) is 2. The molecule has 0 aliphatic carbocycles. The maximum absolute atomic E-state index is 12.9. The maximum Gasteiger partial charge on any atom is 0.239 e. The molecule has 5 nitrogen and oxygen atoms in total. The van der Waals surface area contributed by atoms with Gasteiger partial charge in [0.15, 0.2) is 0 Å². The molecule has 2 aliphatic rings. The van der Waals surface area contributed by atoms with Crippen molar-refractivity contribution in [2.75, 3.05) is 26.2 Å². The van der Waals surface area contributed by atoms with Crippen LogP contribution in [0, 0.1) is 0 Å². The second-order valence-corrected chi connectivity index (χ2v) is 5.71. The third kappa shape index (κ3) is 3.59. The van der Waals surface area contributed by atoms with Crippen molar-refractivity contribution in [2.45, 2.75) is 24.8 Å². The van der Waals surface area contributed by atoms with Crippen molar-refractivity contribution in [2.24, 2.45) is 0 Å². The van der Waals surface area contributed by atoms with Crippen molar-refractivity contribution < 1.29 is 9.59 Å². The van der Waals surface area contributed by atoms with Crippen LogP contribution >= 0.6 is 12.4 Å². The van der Waals surface area contributed by atoms with E-state index in [9.17, 15) is 9.59 Å². The molecule has 0 aromatic heterocycles. The van der Waals surface area contributed by atoms with E-state index in [-0.39, 0.29) is 42.7 Å². The quantitative estimate of drug-likeness (QED) is 0.850. The lowest BCUT2D eigenvalue weighted by atomic mass is 9.96. The largest absolute Gasteiger partial charge is 0.353 e. The third-order valence-electron chi connectivity index (χ3n) is 4.35. The molecule has 1 aromatic carbocycles. The third-order valence-corrected chi connectivity index (χ3v) is 4.35. The van der Waals surface area contributed by atoms with E-state index in [4.69, 9.17) is 0 Å². The summed E-state index contributed by atoms with van der Waals surface area (Å²) in [5.74, 6) is -0.251. The van der Waals surface area contributed by atoms with E-state index in [0.29, 0.717) is 6.54 Å². The molecule has 22 heavy (non-hydrogen) atoms. The zero-order valence-corrected chi connectivity index (χ0v) is 13.3. The van der Waals surface area contributed by atoms with Gasteiger partial charge in [-0.1, -0.05) is 30.3 Å². The number of carbonyl (C=O) groups excluding carboxylic acids is 2. The molecule has 2 amide bonds. The number of benzene rings is 1. The van der Waals surface area contributed by atoms with Crippen LogP contribution in [0.3, 0.4) is 0 Å². The van der Waals surface area contributed by atoms with Gasteiger partial charge in [0.1, 0.15) is 0 Å². The summed E-state index contributed by atoms with van der Waals surface area (Å²) in [5, 5.41) is 6.18. The Labute approximate surface area is 136 Å². The fourth-order valence-corrected chi connectivity index (χ4v) is 3.17. The molecule has 0 bridgehead atoms.